The topological polar surface area (TPSA) is 6.48 Å². The lowest BCUT2D eigenvalue weighted by Gasteiger charge is -2.46. The van der Waals surface area contributed by atoms with Crippen LogP contribution < -0.4 is 0 Å². The standard InChI is InChI=1S/C10H20N2.C2H6.CH4/c1-9(2)12-5-4-10(8-12)6-11(3)7-10;1-2;/h9H,4-8H2,1-3H3;1-2H3;1H4. The van der Waals surface area contributed by atoms with Crippen LogP contribution in [0.2, 0.25) is 0 Å². The van der Waals surface area contributed by atoms with Crippen molar-refractivity contribution in [3.05, 3.63) is 0 Å². The number of likely N-dealkylation sites (tertiary alicyclic amines) is 2. The number of nitrogens with zero attached hydrogens (tertiary/aromatic N) is 2. The molecule has 0 aromatic carbocycles. The van der Waals surface area contributed by atoms with Crippen molar-refractivity contribution >= 4 is 0 Å². The lowest BCUT2D eigenvalue weighted by Crippen LogP contribution is -2.55. The molecule has 2 rings (SSSR count). The summed E-state index contributed by atoms with van der Waals surface area (Å²) in [6, 6.07) is 0.746. The summed E-state index contributed by atoms with van der Waals surface area (Å²) in [5.41, 5.74) is 0.693. The van der Waals surface area contributed by atoms with E-state index in [4.69, 9.17) is 0 Å². The second-order valence-electron chi connectivity index (χ2n) is 4.99. The van der Waals surface area contributed by atoms with Crippen molar-refractivity contribution in [3.8, 4) is 0 Å². The van der Waals surface area contributed by atoms with Gasteiger partial charge in [-0.15, -0.1) is 0 Å². The van der Waals surface area contributed by atoms with E-state index < -0.39 is 0 Å². The van der Waals surface area contributed by atoms with Crippen LogP contribution in [-0.2, 0) is 0 Å². The molecule has 0 N–H and O–H groups in total. The molecule has 0 unspecified atom stereocenters. The van der Waals surface area contributed by atoms with Gasteiger partial charge in [0.25, 0.3) is 0 Å². The Bertz CT molecular complexity index is 171. The molecule has 92 valence electrons. The van der Waals surface area contributed by atoms with Crippen LogP contribution in [0, 0.1) is 5.41 Å². The number of hydrogen-bond donors (Lipinski definition) is 0. The van der Waals surface area contributed by atoms with Gasteiger partial charge in [0.15, 0.2) is 0 Å². The molecule has 1 spiro atoms. The molecular formula is C13H30N2. The van der Waals surface area contributed by atoms with E-state index in [1.165, 1.54) is 32.6 Å². The highest BCUT2D eigenvalue weighted by molar-refractivity contribution is 5.00. The van der Waals surface area contributed by atoms with Gasteiger partial charge in [-0.25, -0.2) is 0 Å². The SMILES string of the molecule is C.CC.CC(C)N1CCC2(CN(C)C2)C1. The molecule has 2 saturated heterocycles. The van der Waals surface area contributed by atoms with Crippen LogP contribution >= 0.6 is 0 Å². The van der Waals surface area contributed by atoms with Gasteiger partial charge in [-0.1, -0.05) is 21.3 Å². The van der Waals surface area contributed by atoms with Gasteiger partial charge in [0.05, 0.1) is 0 Å². The average Bonchev–Trinajstić information content (AvgIpc) is 2.52. The quantitative estimate of drug-likeness (QED) is 0.662. The van der Waals surface area contributed by atoms with Gasteiger partial charge in [0.1, 0.15) is 0 Å². The van der Waals surface area contributed by atoms with Gasteiger partial charge < -0.3 is 9.80 Å². The molecular weight excluding hydrogens is 184 g/mol. The van der Waals surface area contributed by atoms with Gasteiger partial charge in [0.2, 0.25) is 0 Å². The summed E-state index contributed by atoms with van der Waals surface area (Å²) in [5, 5.41) is 0. The van der Waals surface area contributed by atoms with Crippen LogP contribution in [-0.4, -0.2) is 49.1 Å². The summed E-state index contributed by atoms with van der Waals surface area (Å²) in [5.74, 6) is 0. The minimum absolute atomic E-state index is 0. The lowest BCUT2D eigenvalue weighted by atomic mass is 9.79. The zero-order valence-corrected chi connectivity index (χ0v) is 10.5. The van der Waals surface area contributed by atoms with Gasteiger partial charge in [-0.2, -0.15) is 0 Å². The van der Waals surface area contributed by atoms with E-state index in [0.717, 1.165) is 6.04 Å². The van der Waals surface area contributed by atoms with Crippen LogP contribution in [0.5, 0.6) is 0 Å². The summed E-state index contributed by atoms with van der Waals surface area (Å²) in [7, 11) is 2.23. The van der Waals surface area contributed by atoms with E-state index in [1.54, 1.807) is 0 Å². The predicted molar refractivity (Wildman–Crippen MR) is 69.3 cm³/mol. The van der Waals surface area contributed by atoms with E-state index in [9.17, 15) is 0 Å². The summed E-state index contributed by atoms with van der Waals surface area (Å²) in [6.45, 7) is 13.9. The van der Waals surface area contributed by atoms with Crippen LogP contribution in [0.25, 0.3) is 0 Å². The first-order chi connectivity index (χ1) is 6.61. The fourth-order valence-corrected chi connectivity index (χ4v) is 2.77. The Labute approximate surface area is 96.6 Å². The Morgan fingerprint density at radius 2 is 1.60 bits per heavy atom. The first-order valence-electron chi connectivity index (χ1n) is 6.04. The predicted octanol–water partition coefficient (Wildman–Crippen LogP) is 2.69. The van der Waals surface area contributed by atoms with E-state index in [2.05, 4.69) is 30.7 Å². The molecule has 0 aliphatic carbocycles. The highest BCUT2D eigenvalue weighted by atomic mass is 15.3. The van der Waals surface area contributed by atoms with Gasteiger partial charge in [0, 0.05) is 31.1 Å². The molecule has 0 radical (unpaired) electrons. The van der Waals surface area contributed by atoms with Gasteiger partial charge in [-0.05, 0) is 33.9 Å². The number of rotatable bonds is 1. The Hall–Kier alpha value is -0.0800. The molecule has 0 atom stereocenters. The molecule has 0 amide bonds. The molecule has 0 saturated carbocycles. The van der Waals surface area contributed by atoms with E-state index in [1.807, 2.05) is 13.8 Å². The fraction of sp³-hybridized carbons (Fsp3) is 1.00. The number of hydrogen-bond acceptors (Lipinski definition) is 2. The zero-order chi connectivity index (χ0) is 10.8. The van der Waals surface area contributed by atoms with Gasteiger partial charge >= 0.3 is 0 Å². The summed E-state index contributed by atoms with van der Waals surface area (Å²) < 4.78 is 0. The molecule has 2 heteroatoms. The van der Waals surface area contributed by atoms with Crippen molar-refractivity contribution in [2.75, 3.05) is 33.2 Å². The Morgan fingerprint density at radius 1 is 1.07 bits per heavy atom. The molecule has 15 heavy (non-hydrogen) atoms. The Balaban J connectivity index is 0.000000617. The highest BCUT2D eigenvalue weighted by Crippen LogP contribution is 2.38. The maximum Gasteiger partial charge on any atom is 0.00968 e. The van der Waals surface area contributed by atoms with Crippen molar-refractivity contribution in [3.63, 3.8) is 0 Å². The average molecular weight is 214 g/mol. The van der Waals surface area contributed by atoms with Crippen molar-refractivity contribution in [1.82, 2.24) is 9.80 Å². The second-order valence-corrected chi connectivity index (χ2v) is 4.99. The summed E-state index contributed by atoms with van der Waals surface area (Å²) in [6.07, 6.45) is 1.43. The van der Waals surface area contributed by atoms with Gasteiger partial charge in [-0.3, -0.25) is 0 Å². The van der Waals surface area contributed by atoms with Crippen molar-refractivity contribution in [2.24, 2.45) is 5.41 Å². The molecule has 2 aliphatic heterocycles. The minimum Gasteiger partial charge on any atom is -0.305 e. The van der Waals surface area contributed by atoms with Crippen LogP contribution in [0.3, 0.4) is 0 Å². The van der Waals surface area contributed by atoms with Crippen LogP contribution in [0.4, 0.5) is 0 Å². The van der Waals surface area contributed by atoms with Crippen LogP contribution in [0.15, 0.2) is 0 Å². The monoisotopic (exact) mass is 214 g/mol. The third-order valence-electron chi connectivity index (χ3n) is 3.41. The zero-order valence-electron chi connectivity index (χ0n) is 10.5. The summed E-state index contributed by atoms with van der Waals surface area (Å²) in [4.78, 5) is 5.05. The largest absolute Gasteiger partial charge is 0.305 e. The Morgan fingerprint density at radius 3 is 1.93 bits per heavy atom. The van der Waals surface area contributed by atoms with Crippen molar-refractivity contribution in [1.29, 1.82) is 0 Å². The lowest BCUT2D eigenvalue weighted by molar-refractivity contribution is 0.0280. The van der Waals surface area contributed by atoms with E-state index in [0.29, 0.717) is 5.41 Å². The molecule has 0 aromatic heterocycles. The Kier molecular flexibility index (Phi) is 5.82. The normalized spacial score (nSPS) is 24.4. The van der Waals surface area contributed by atoms with Crippen LogP contribution in [0.1, 0.15) is 41.5 Å². The van der Waals surface area contributed by atoms with E-state index >= 15 is 0 Å². The molecule has 2 fully saturated rings. The van der Waals surface area contributed by atoms with E-state index in [-0.39, 0.29) is 7.43 Å². The molecule has 2 aliphatic rings. The van der Waals surface area contributed by atoms with Crippen molar-refractivity contribution in [2.45, 2.75) is 47.6 Å². The smallest absolute Gasteiger partial charge is 0.00968 e. The fourth-order valence-electron chi connectivity index (χ4n) is 2.77. The molecule has 2 nitrogen and oxygen atoms in total. The highest BCUT2D eigenvalue weighted by Gasteiger charge is 2.46. The third kappa shape index (κ3) is 3.18. The molecule has 0 bridgehead atoms. The second kappa shape index (κ2) is 5.86. The maximum atomic E-state index is 2.62. The maximum absolute atomic E-state index is 2.62. The first-order valence-corrected chi connectivity index (χ1v) is 6.04. The minimum atomic E-state index is 0. The van der Waals surface area contributed by atoms with Crippen molar-refractivity contribution < 1.29 is 0 Å². The third-order valence-corrected chi connectivity index (χ3v) is 3.41. The summed E-state index contributed by atoms with van der Waals surface area (Å²) >= 11 is 0. The first kappa shape index (κ1) is 14.9. The molecule has 0 aromatic rings. The molecule has 2 heterocycles.